The van der Waals surface area contributed by atoms with Crippen molar-refractivity contribution in [3.63, 3.8) is 0 Å². The lowest BCUT2D eigenvalue weighted by molar-refractivity contribution is 0.317. The summed E-state index contributed by atoms with van der Waals surface area (Å²) < 4.78 is 7.33. The molecule has 0 amide bonds. The lowest BCUT2D eigenvalue weighted by Crippen LogP contribution is -2.40. The van der Waals surface area contributed by atoms with Crippen molar-refractivity contribution >= 4 is 5.96 Å². The van der Waals surface area contributed by atoms with Gasteiger partial charge in [0.15, 0.2) is 5.96 Å². The minimum Gasteiger partial charge on any atom is -0.490 e. The molecule has 0 spiro atoms. The zero-order valence-electron chi connectivity index (χ0n) is 13.1. The predicted molar refractivity (Wildman–Crippen MR) is 83.6 cm³/mol. The minimum atomic E-state index is 0.530. The summed E-state index contributed by atoms with van der Waals surface area (Å²) in [5.74, 6) is 2.40. The first-order valence-electron chi connectivity index (χ1n) is 6.98. The quantitative estimate of drug-likeness (QED) is 0.469. The molecular formula is C14H21N7O. The van der Waals surface area contributed by atoms with Gasteiger partial charge in [0.1, 0.15) is 24.5 Å². The molecule has 22 heavy (non-hydrogen) atoms. The number of aliphatic imine (C=N–C) groups is 1. The molecule has 2 heterocycles. The maximum absolute atomic E-state index is 5.58. The Kier molecular flexibility index (Phi) is 5.70. The second kappa shape index (κ2) is 7.96. The van der Waals surface area contributed by atoms with Crippen LogP contribution in [-0.4, -0.2) is 57.9 Å². The van der Waals surface area contributed by atoms with Crippen molar-refractivity contribution in [3.8, 4) is 5.75 Å². The molecule has 0 aliphatic heterocycles. The van der Waals surface area contributed by atoms with Crippen LogP contribution in [0.2, 0.25) is 0 Å². The van der Waals surface area contributed by atoms with E-state index in [1.54, 1.807) is 30.5 Å². The number of ether oxygens (including phenoxy) is 1. The molecule has 0 radical (unpaired) electrons. The van der Waals surface area contributed by atoms with Crippen LogP contribution in [0.15, 0.2) is 35.8 Å². The highest BCUT2D eigenvalue weighted by Crippen LogP contribution is 2.05. The molecule has 0 saturated carbocycles. The van der Waals surface area contributed by atoms with Gasteiger partial charge in [0.25, 0.3) is 0 Å². The third-order valence-electron chi connectivity index (χ3n) is 3.05. The van der Waals surface area contributed by atoms with Gasteiger partial charge < -0.3 is 15.0 Å². The van der Waals surface area contributed by atoms with E-state index in [9.17, 15) is 0 Å². The standard InChI is InChI=1S/C14H21N7O/c1-15-14(20(2)10-13-18-11-19-21(13)3)17-7-8-22-12-5-4-6-16-9-12/h4-6,9,11H,7-8,10H2,1-3H3,(H,15,17). The molecule has 0 saturated heterocycles. The van der Waals surface area contributed by atoms with Gasteiger partial charge in [-0.2, -0.15) is 5.10 Å². The predicted octanol–water partition coefficient (Wildman–Crippen LogP) is 0.296. The molecule has 0 aromatic carbocycles. The molecule has 0 aliphatic carbocycles. The summed E-state index contributed by atoms with van der Waals surface area (Å²) in [4.78, 5) is 14.4. The van der Waals surface area contributed by atoms with Gasteiger partial charge in [-0.05, 0) is 12.1 Å². The number of guanidine groups is 1. The summed E-state index contributed by atoms with van der Waals surface area (Å²) >= 11 is 0. The van der Waals surface area contributed by atoms with E-state index in [-0.39, 0.29) is 0 Å². The van der Waals surface area contributed by atoms with Crippen LogP contribution in [-0.2, 0) is 13.6 Å². The summed E-state index contributed by atoms with van der Waals surface area (Å²) in [6, 6.07) is 3.72. The van der Waals surface area contributed by atoms with Gasteiger partial charge in [-0.3, -0.25) is 14.7 Å². The Labute approximate surface area is 129 Å². The number of rotatable bonds is 6. The van der Waals surface area contributed by atoms with Crippen molar-refractivity contribution in [2.75, 3.05) is 27.2 Å². The smallest absolute Gasteiger partial charge is 0.193 e. The van der Waals surface area contributed by atoms with Gasteiger partial charge in [-0.15, -0.1) is 0 Å². The Balaban J connectivity index is 1.76. The van der Waals surface area contributed by atoms with E-state index < -0.39 is 0 Å². The van der Waals surface area contributed by atoms with E-state index in [4.69, 9.17) is 4.74 Å². The zero-order chi connectivity index (χ0) is 15.8. The van der Waals surface area contributed by atoms with Gasteiger partial charge in [0, 0.05) is 27.3 Å². The number of hydrogen-bond acceptors (Lipinski definition) is 5. The summed E-state index contributed by atoms with van der Waals surface area (Å²) in [6.07, 6.45) is 4.95. The molecule has 2 aromatic rings. The second-order valence-electron chi connectivity index (χ2n) is 4.67. The Bertz CT molecular complexity index is 596. The van der Waals surface area contributed by atoms with Gasteiger partial charge in [0.05, 0.1) is 19.3 Å². The van der Waals surface area contributed by atoms with Gasteiger partial charge in [0.2, 0.25) is 0 Å². The lowest BCUT2D eigenvalue weighted by atomic mass is 10.5. The van der Waals surface area contributed by atoms with Crippen molar-refractivity contribution in [1.82, 2.24) is 30.0 Å². The molecule has 2 rings (SSSR count). The van der Waals surface area contributed by atoms with Gasteiger partial charge in [-0.25, -0.2) is 4.98 Å². The van der Waals surface area contributed by atoms with E-state index in [1.807, 2.05) is 31.1 Å². The van der Waals surface area contributed by atoms with Crippen LogP contribution in [0.25, 0.3) is 0 Å². The van der Waals surface area contributed by atoms with Crippen LogP contribution < -0.4 is 10.1 Å². The van der Waals surface area contributed by atoms with Gasteiger partial charge in [-0.1, -0.05) is 0 Å². The van der Waals surface area contributed by atoms with Gasteiger partial charge >= 0.3 is 0 Å². The van der Waals surface area contributed by atoms with Crippen LogP contribution in [0.1, 0.15) is 5.82 Å². The topological polar surface area (TPSA) is 80.5 Å². The molecule has 0 aliphatic rings. The Morgan fingerprint density at radius 1 is 1.50 bits per heavy atom. The molecule has 8 nitrogen and oxygen atoms in total. The highest BCUT2D eigenvalue weighted by molar-refractivity contribution is 5.79. The Morgan fingerprint density at radius 3 is 3.00 bits per heavy atom. The normalized spacial score (nSPS) is 11.3. The molecule has 0 atom stereocenters. The Hall–Kier alpha value is -2.64. The van der Waals surface area contributed by atoms with Crippen molar-refractivity contribution < 1.29 is 4.74 Å². The van der Waals surface area contributed by atoms with E-state index in [1.165, 1.54) is 0 Å². The number of nitrogens with one attached hydrogen (secondary N) is 1. The molecule has 1 N–H and O–H groups in total. The fourth-order valence-corrected chi connectivity index (χ4v) is 1.90. The van der Waals surface area contributed by atoms with Crippen molar-refractivity contribution in [2.45, 2.75) is 6.54 Å². The molecule has 8 heteroatoms. The first-order valence-corrected chi connectivity index (χ1v) is 6.98. The van der Waals surface area contributed by atoms with Crippen LogP contribution in [0.5, 0.6) is 5.75 Å². The van der Waals surface area contributed by atoms with Crippen molar-refractivity contribution in [1.29, 1.82) is 0 Å². The largest absolute Gasteiger partial charge is 0.490 e. The number of aryl methyl sites for hydroxylation is 1. The fraction of sp³-hybridized carbons (Fsp3) is 0.429. The SMILES string of the molecule is CN=C(NCCOc1cccnc1)N(C)Cc1ncnn1C. The van der Waals surface area contributed by atoms with Crippen LogP contribution in [0.3, 0.4) is 0 Å². The monoisotopic (exact) mass is 303 g/mol. The van der Waals surface area contributed by atoms with Crippen LogP contribution in [0.4, 0.5) is 0 Å². The molecule has 0 unspecified atom stereocenters. The Morgan fingerprint density at radius 2 is 2.36 bits per heavy atom. The van der Waals surface area contributed by atoms with E-state index in [0.717, 1.165) is 17.5 Å². The first kappa shape index (κ1) is 15.7. The highest BCUT2D eigenvalue weighted by atomic mass is 16.5. The molecule has 0 bridgehead atoms. The minimum absolute atomic E-state index is 0.530. The highest BCUT2D eigenvalue weighted by Gasteiger charge is 2.09. The molecule has 118 valence electrons. The molecule has 2 aromatic heterocycles. The number of aromatic nitrogens is 4. The average Bonchev–Trinajstić information content (AvgIpc) is 2.93. The number of nitrogens with zero attached hydrogens (tertiary/aromatic N) is 6. The second-order valence-corrected chi connectivity index (χ2v) is 4.67. The maximum atomic E-state index is 5.58. The average molecular weight is 303 g/mol. The van der Waals surface area contributed by atoms with Crippen LogP contribution in [0, 0.1) is 0 Å². The van der Waals surface area contributed by atoms with Crippen molar-refractivity contribution in [2.24, 2.45) is 12.0 Å². The summed E-state index contributed by atoms with van der Waals surface area (Å²) in [5.41, 5.74) is 0. The third-order valence-corrected chi connectivity index (χ3v) is 3.05. The summed E-state index contributed by atoms with van der Waals surface area (Å²) in [6.45, 7) is 1.80. The third kappa shape index (κ3) is 4.44. The van der Waals surface area contributed by atoms with E-state index in [2.05, 4.69) is 25.4 Å². The maximum Gasteiger partial charge on any atom is 0.193 e. The number of hydrogen-bond donors (Lipinski definition) is 1. The molecular weight excluding hydrogens is 282 g/mol. The summed E-state index contributed by atoms with van der Waals surface area (Å²) in [7, 11) is 5.57. The molecule has 0 fully saturated rings. The first-order chi connectivity index (χ1) is 10.7. The summed E-state index contributed by atoms with van der Waals surface area (Å²) in [5, 5.41) is 7.30. The van der Waals surface area contributed by atoms with Crippen LogP contribution >= 0.6 is 0 Å². The van der Waals surface area contributed by atoms with E-state index in [0.29, 0.717) is 19.7 Å². The van der Waals surface area contributed by atoms with E-state index >= 15 is 0 Å². The zero-order valence-corrected chi connectivity index (χ0v) is 13.1. The van der Waals surface area contributed by atoms with Crippen molar-refractivity contribution in [3.05, 3.63) is 36.7 Å². The lowest BCUT2D eigenvalue weighted by Gasteiger charge is -2.21. The number of pyridine rings is 1. The fourth-order valence-electron chi connectivity index (χ4n) is 1.90.